The van der Waals surface area contributed by atoms with Gasteiger partial charge in [0.25, 0.3) is 0 Å². The molecule has 1 fully saturated rings. The lowest BCUT2D eigenvalue weighted by Gasteiger charge is -2.31. The van der Waals surface area contributed by atoms with Crippen molar-refractivity contribution in [3.8, 4) is 0 Å². The fourth-order valence-corrected chi connectivity index (χ4v) is 2.72. The van der Waals surface area contributed by atoms with Crippen LogP contribution in [0.1, 0.15) is 11.9 Å². The molecule has 1 aliphatic heterocycles. The first-order valence-corrected chi connectivity index (χ1v) is 8.30. The zero-order chi connectivity index (χ0) is 18.4. The molecule has 10 heteroatoms. The number of ether oxygens (including phenoxy) is 2. The minimum atomic E-state index is -0.342. The highest BCUT2D eigenvalue weighted by Gasteiger charge is 2.27. The summed E-state index contributed by atoms with van der Waals surface area (Å²) in [6, 6.07) is 5.67. The number of morpholine rings is 1. The van der Waals surface area contributed by atoms with E-state index in [2.05, 4.69) is 20.8 Å². The molecule has 140 valence electrons. The second-order valence-electron chi connectivity index (χ2n) is 5.90. The van der Waals surface area contributed by atoms with Gasteiger partial charge in [-0.25, -0.2) is 9.07 Å². The van der Waals surface area contributed by atoms with Gasteiger partial charge in [-0.1, -0.05) is 0 Å². The third-order valence-corrected chi connectivity index (χ3v) is 4.00. The van der Waals surface area contributed by atoms with Gasteiger partial charge in [0, 0.05) is 25.9 Å². The van der Waals surface area contributed by atoms with E-state index >= 15 is 0 Å². The minimum Gasteiger partial charge on any atom is -0.383 e. The Morgan fingerprint density at radius 3 is 3.00 bits per heavy atom. The van der Waals surface area contributed by atoms with Gasteiger partial charge in [-0.15, -0.1) is 5.10 Å². The maximum Gasteiger partial charge on any atom is 0.238 e. The highest BCUT2D eigenvalue weighted by atomic mass is 19.1. The monoisotopic (exact) mass is 364 g/mol. The van der Waals surface area contributed by atoms with Gasteiger partial charge in [-0.2, -0.15) is 0 Å². The third kappa shape index (κ3) is 4.81. The Morgan fingerprint density at radius 1 is 1.42 bits per heavy atom. The minimum absolute atomic E-state index is 0.170. The molecular weight excluding hydrogens is 343 g/mol. The Kier molecular flexibility index (Phi) is 6.21. The molecule has 1 saturated heterocycles. The number of hydrogen-bond acceptors (Lipinski definition) is 7. The van der Waals surface area contributed by atoms with Crippen LogP contribution in [0.5, 0.6) is 0 Å². The van der Waals surface area contributed by atoms with E-state index in [0.29, 0.717) is 44.4 Å². The molecule has 0 aliphatic carbocycles. The van der Waals surface area contributed by atoms with Crippen molar-refractivity contribution in [1.82, 2.24) is 25.1 Å². The average molecular weight is 364 g/mol. The topological polar surface area (TPSA) is 94.4 Å². The zero-order valence-corrected chi connectivity index (χ0v) is 14.5. The van der Waals surface area contributed by atoms with E-state index in [4.69, 9.17) is 9.47 Å². The summed E-state index contributed by atoms with van der Waals surface area (Å²) in [6.45, 7) is 2.85. The first-order valence-electron chi connectivity index (χ1n) is 8.30. The van der Waals surface area contributed by atoms with Crippen LogP contribution in [0.25, 0.3) is 0 Å². The molecule has 2 heterocycles. The smallest absolute Gasteiger partial charge is 0.238 e. The number of nitrogens with zero attached hydrogens (tertiary/aromatic N) is 5. The summed E-state index contributed by atoms with van der Waals surface area (Å²) in [4.78, 5) is 14.2. The maximum atomic E-state index is 12.9. The van der Waals surface area contributed by atoms with Gasteiger partial charge in [-0.05, 0) is 34.7 Å². The molecule has 2 aromatic rings. The van der Waals surface area contributed by atoms with Crippen LogP contribution in [-0.4, -0.2) is 71.0 Å². The van der Waals surface area contributed by atoms with E-state index in [1.807, 2.05) is 4.90 Å². The summed E-state index contributed by atoms with van der Waals surface area (Å²) in [5, 5.41) is 14.4. The lowest BCUT2D eigenvalue weighted by atomic mass is 10.2. The van der Waals surface area contributed by atoms with Crippen LogP contribution < -0.4 is 5.32 Å². The number of methoxy groups -OCH3 is 1. The summed E-state index contributed by atoms with van der Waals surface area (Å²) in [5.41, 5.74) is 0.560. The summed E-state index contributed by atoms with van der Waals surface area (Å²) < 4.78 is 25.4. The number of nitrogens with one attached hydrogen (secondary N) is 1. The van der Waals surface area contributed by atoms with Gasteiger partial charge >= 0.3 is 0 Å². The van der Waals surface area contributed by atoms with Crippen LogP contribution in [-0.2, 0) is 20.8 Å². The van der Waals surface area contributed by atoms with Crippen LogP contribution >= 0.6 is 0 Å². The van der Waals surface area contributed by atoms with Crippen LogP contribution in [0.4, 0.5) is 10.1 Å². The number of anilines is 1. The van der Waals surface area contributed by atoms with Crippen molar-refractivity contribution in [3.05, 3.63) is 35.9 Å². The number of tetrazole rings is 1. The van der Waals surface area contributed by atoms with Crippen molar-refractivity contribution >= 4 is 11.6 Å². The maximum absolute atomic E-state index is 12.9. The molecule has 0 bridgehead atoms. The van der Waals surface area contributed by atoms with Gasteiger partial charge in [0.05, 0.1) is 26.3 Å². The molecule has 1 N–H and O–H groups in total. The van der Waals surface area contributed by atoms with Gasteiger partial charge in [0.2, 0.25) is 5.91 Å². The molecular formula is C16H21FN6O3. The normalized spacial score (nSPS) is 18.0. The first kappa shape index (κ1) is 18.4. The van der Waals surface area contributed by atoms with Crippen molar-refractivity contribution < 1.29 is 18.7 Å². The van der Waals surface area contributed by atoms with Crippen molar-refractivity contribution in [2.75, 3.05) is 45.3 Å². The predicted molar refractivity (Wildman–Crippen MR) is 89.9 cm³/mol. The van der Waals surface area contributed by atoms with Crippen LogP contribution in [0.2, 0.25) is 0 Å². The standard InChI is InChI=1S/C16H21FN6O3/c1-25-8-7-23-16(19-20-21-23)14-10-22(6-9-26-14)11-15(24)18-13-4-2-12(17)3-5-13/h2-5,14H,6-11H2,1H3,(H,18,24). The number of halogens is 1. The van der Waals surface area contributed by atoms with Crippen LogP contribution in [0.3, 0.4) is 0 Å². The zero-order valence-electron chi connectivity index (χ0n) is 14.5. The lowest BCUT2D eigenvalue weighted by molar-refractivity contribution is -0.119. The molecule has 3 rings (SSSR count). The van der Waals surface area contributed by atoms with E-state index in [0.717, 1.165) is 0 Å². The van der Waals surface area contributed by atoms with E-state index in [-0.39, 0.29) is 24.4 Å². The summed E-state index contributed by atoms with van der Waals surface area (Å²) in [7, 11) is 1.61. The molecule has 1 aromatic carbocycles. The molecule has 1 atom stereocenters. The SMILES string of the molecule is COCCn1nnnc1C1CN(CC(=O)Nc2ccc(F)cc2)CCO1. The van der Waals surface area contributed by atoms with Crippen molar-refractivity contribution in [1.29, 1.82) is 0 Å². The number of benzene rings is 1. The number of hydrogen-bond donors (Lipinski definition) is 1. The molecule has 1 amide bonds. The van der Waals surface area contributed by atoms with Crippen LogP contribution in [0, 0.1) is 5.82 Å². The van der Waals surface area contributed by atoms with Crippen molar-refractivity contribution in [2.45, 2.75) is 12.6 Å². The molecule has 0 radical (unpaired) electrons. The largest absolute Gasteiger partial charge is 0.383 e. The molecule has 9 nitrogen and oxygen atoms in total. The highest BCUT2D eigenvalue weighted by Crippen LogP contribution is 2.19. The lowest BCUT2D eigenvalue weighted by Crippen LogP contribution is -2.43. The van der Waals surface area contributed by atoms with Crippen molar-refractivity contribution in [3.63, 3.8) is 0 Å². The molecule has 1 aliphatic rings. The second kappa shape index (κ2) is 8.79. The van der Waals surface area contributed by atoms with Gasteiger partial charge in [-0.3, -0.25) is 9.69 Å². The fraction of sp³-hybridized carbons (Fsp3) is 0.500. The summed E-state index contributed by atoms with van der Waals surface area (Å²) >= 11 is 0. The Bertz CT molecular complexity index is 723. The molecule has 1 aromatic heterocycles. The molecule has 0 saturated carbocycles. The predicted octanol–water partition coefficient (Wildman–Crippen LogP) is 0.471. The molecule has 0 spiro atoms. The highest BCUT2D eigenvalue weighted by molar-refractivity contribution is 5.92. The fourth-order valence-electron chi connectivity index (χ4n) is 2.72. The van der Waals surface area contributed by atoms with E-state index in [1.165, 1.54) is 24.3 Å². The number of aromatic nitrogens is 4. The van der Waals surface area contributed by atoms with Gasteiger partial charge < -0.3 is 14.8 Å². The summed E-state index contributed by atoms with van der Waals surface area (Å²) in [5.74, 6) is 0.104. The Balaban J connectivity index is 1.55. The van der Waals surface area contributed by atoms with E-state index < -0.39 is 0 Å². The number of carbonyl (C=O) groups is 1. The Labute approximate surface area is 150 Å². The Hall–Kier alpha value is -2.43. The summed E-state index contributed by atoms with van der Waals surface area (Å²) in [6.07, 6.45) is -0.311. The van der Waals surface area contributed by atoms with E-state index in [9.17, 15) is 9.18 Å². The Morgan fingerprint density at radius 2 is 2.23 bits per heavy atom. The van der Waals surface area contributed by atoms with Gasteiger partial charge in [0.1, 0.15) is 11.9 Å². The first-order chi connectivity index (χ1) is 12.7. The average Bonchev–Trinajstić information content (AvgIpc) is 3.10. The number of carbonyl (C=O) groups excluding carboxylic acids is 1. The number of rotatable bonds is 7. The second-order valence-corrected chi connectivity index (χ2v) is 5.90. The van der Waals surface area contributed by atoms with E-state index in [1.54, 1.807) is 11.8 Å². The number of amides is 1. The quantitative estimate of drug-likeness (QED) is 0.763. The molecule has 26 heavy (non-hydrogen) atoms. The van der Waals surface area contributed by atoms with Gasteiger partial charge in [0.15, 0.2) is 5.82 Å². The van der Waals surface area contributed by atoms with Crippen molar-refractivity contribution in [2.24, 2.45) is 0 Å². The third-order valence-electron chi connectivity index (χ3n) is 4.00. The molecule has 1 unspecified atom stereocenters. The van der Waals surface area contributed by atoms with Crippen LogP contribution in [0.15, 0.2) is 24.3 Å².